The largest absolute Gasteiger partial charge is 0.494 e. The molecule has 0 aliphatic carbocycles. The van der Waals surface area contributed by atoms with Crippen LogP contribution < -0.4 is 10.1 Å². The molecule has 84 valence electrons. The predicted molar refractivity (Wildman–Crippen MR) is 54.5 cm³/mol. The number of aliphatic hydroxyl groups excluding tert-OH is 2. The first-order valence-electron chi connectivity index (χ1n) is 4.53. The van der Waals surface area contributed by atoms with Crippen molar-refractivity contribution in [2.45, 2.75) is 6.10 Å². The van der Waals surface area contributed by atoms with Gasteiger partial charge in [0.25, 0.3) is 0 Å². The standard InChI is InChI=1S/C10H14FNO3/c1-15-10-4-7(2-3-9(10)11)12-5-8(14)6-13/h2-4,8,12-14H,5-6H2,1H3. The lowest BCUT2D eigenvalue weighted by atomic mass is 10.2. The first kappa shape index (κ1) is 11.7. The Labute approximate surface area is 87.3 Å². The lowest BCUT2D eigenvalue weighted by Crippen LogP contribution is -2.22. The van der Waals surface area contributed by atoms with Gasteiger partial charge in [0.1, 0.15) is 0 Å². The maximum absolute atomic E-state index is 13.0. The van der Waals surface area contributed by atoms with Crippen LogP contribution in [0.4, 0.5) is 10.1 Å². The number of nitrogens with one attached hydrogen (secondary N) is 1. The second kappa shape index (κ2) is 5.53. The van der Waals surface area contributed by atoms with Crippen molar-refractivity contribution in [3.8, 4) is 5.75 Å². The van der Waals surface area contributed by atoms with Gasteiger partial charge in [-0.25, -0.2) is 4.39 Å². The van der Waals surface area contributed by atoms with E-state index in [0.29, 0.717) is 5.69 Å². The van der Waals surface area contributed by atoms with Crippen LogP contribution in [-0.4, -0.2) is 36.6 Å². The molecule has 5 heteroatoms. The van der Waals surface area contributed by atoms with Crippen molar-refractivity contribution in [1.82, 2.24) is 0 Å². The number of anilines is 1. The number of methoxy groups -OCH3 is 1. The molecule has 0 aromatic heterocycles. The quantitative estimate of drug-likeness (QED) is 0.673. The van der Waals surface area contributed by atoms with Crippen molar-refractivity contribution in [1.29, 1.82) is 0 Å². The highest BCUT2D eigenvalue weighted by atomic mass is 19.1. The zero-order chi connectivity index (χ0) is 11.3. The molecule has 4 nitrogen and oxygen atoms in total. The molecule has 15 heavy (non-hydrogen) atoms. The van der Waals surface area contributed by atoms with Gasteiger partial charge in [-0.15, -0.1) is 0 Å². The van der Waals surface area contributed by atoms with Gasteiger partial charge in [0.15, 0.2) is 11.6 Å². The minimum Gasteiger partial charge on any atom is -0.494 e. The molecule has 0 saturated heterocycles. The van der Waals surface area contributed by atoms with Gasteiger partial charge in [-0.05, 0) is 12.1 Å². The van der Waals surface area contributed by atoms with Crippen molar-refractivity contribution in [3.63, 3.8) is 0 Å². The molecule has 1 atom stereocenters. The van der Waals surface area contributed by atoms with Gasteiger partial charge in [-0.2, -0.15) is 0 Å². The summed E-state index contributed by atoms with van der Waals surface area (Å²) in [4.78, 5) is 0. The van der Waals surface area contributed by atoms with Gasteiger partial charge >= 0.3 is 0 Å². The second-order valence-corrected chi connectivity index (χ2v) is 3.07. The Morgan fingerprint density at radius 2 is 2.27 bits per heavy atom. The van der Waals surface area contributed by atoms with E-state index in [2.05, 4.69) is 5.32 Å². The third-order valence-electron chi connectivity index (χ3n) is 1.90. The molecule has 1 aromatic carbocycles. The van der Waals surface area contributed by atoms with Gasteiger partial charge in [0.05, 0.1) is 19.8 Å². The molecule has 1 rings (SSSR count). The Kier molecular flexibility index (Phi) is 4.33. The van der Waals surface area contributed by atoms with E-state index in [-0.39, 0.29) is 18.9 Å². The van der Waals surface area contributed by atoms with E-state index < -0.39 is 11.9 Å². The maximum Gasteiger partial charge on any atom is 0.165 e. The van der Waals surface area contributed by atoms with Gasteiger partial charge < -0.3 is 20.3 Å². The summed E-state index contributed by atoms with van der Waals surface area (Å²) in [5.74, 6) is -0.302. The Balaban J connectivity index is 2.62. The first-order valence-corrected chi connectivity index (χ1v) is 4.53. The highest BCUT2D eigenvalue weighted by Gasteiger charge is 2.05. The SMILES string of the molecule is COc1cc(NCC(O)CO)ccc1F. The molecule has 0 aliphatic rings. The highest BCUT2D eigenvalue weighted by molar-refractivity contribution is 5.48. The summed E-state index contributed by atoms with van der Waals surface area (Å²) in [6.45, 7) is -0.114. The van der Waals surface area contributed by atoms with E-state index in [4.69, 9.17) is 14.9 Å². The zero-order valence-corrected chi connectivity index (χ0v) is 8.40. The zero-order valence-electron chi connectivity index (χ0n) is 8.40. The molecule has 0 amide bonds. The van der Waals surface area contributed by atoms with Crippen molar-refractivity contribution in [3.05, 3.63) is 24.0 Å². The van der Waals surface area contributed by atoms with Gasteiger partial charge in [-0.1, -0.05) is 0 Å². The smallest absolute Gasteiger partial charge is 0.165 e. The van der Waals surface area contributed by atoms with Crippen LogP contribution >= 0.6 is 0 Å². The molecule has 3 N–H and O–H groups in total. The first-order chi connectivity index (χ1) is 7.17. The molecule has 0 heterocycles. The molecule has 0 saturated carbocycles. The second-order valence-electron chi connectivity index (χ2n) is 3.07. The fourth-order valence-corrected chi connectivity index (χ4v) is 1.07. The monoisotopic (exact) mass is 215 g/mol. The van der Waals surface area contributed by atoms with Crippen LogP contribution in [0.5, 0.6) is 5.75 Å². The number of ether oxygens (including phenoxy) is 1. The molecule has 0 bridgehead atoms. The van der Waals surface area contributed by atoms with E-state index >= 15 is 0 Å². The number of aliphatic hydroxyl groups is 2. The minimum absolute atomic E-state index is 0.137. The summed E-state index contributed by atoms with van der Waals surface area (Å²) in [5.41, 5.74) is 0.626. The van der Waals surface area contributed by atoms with E-state index in [1.54, 1.807) is 0 Å². The lowest BCUT2D eigenvalue weighted by Gasteiger charge is -2.11. The van der Waals surface area contributed by atoms with Crippen molar-refractivity contribution >= 4 is 5.69 Å². The molecule has 0 spiro atoms. The summed E-state index contributed by atoms with van der Waals surface area (Å²) in [7, 11) is 1.38. The third-order valence-corrected chi connectivity index (χ3v) is 1.90. The molecule has 0 radical (unpaired) electrons. The fourth-order valence-electron chi connectivity index (χ4n) is 1.07. The van der Waals surface area contributed by atoms with Crippen molar-refractivity contribution in [2.75, 3.05) is 25.6 Å². The summed E-state index contributed by atoms with van der Waals surface area (Å²) in [6.07, 6.45) is -0.832. The number of rotatable bonds is 5. The summed E-state index contributed by atoms with van der Waals surface area (Å²) < 4.78 is 17.8. The number of hydrogen-bond donors (Lipinski definition) is 3. The van der Waals surface area contributed by atoms with E-state index in [1.165, 1.54) is 25.3 Å². The molecule has 0 aliphatic heterocycles. The lowest BCUT2D eigenvalue weighted by molar-refractivity contribution is 0.105. The summed E-state index contributed by atoms with van der Waals surface area (Å²) in [5, 5.41) is 20.5. The van der Waals surface area contributed by atoms with Crippen molar-refractivity contribution < 1.29 is 19.3 Å². The highest BCUT2D eigenvalue weighted by Crippen LogP contribution is 2.21. The Morgan fingerprint density at radius 1 is 1.53 bits per heavy atom. The molecular formula is C10H14FNO3. The van der Waals surface area contributed by atoms with Crippen LogP contribution in [-0.2, 0) is 0 Å². The molecular weight excluding hydrogens is 201 g/mol. The van der Waals surface area contributed by atoms with Gasteiger partial charge in [-0.3, -0.25) is 0 Å². The minimum atomic E-state index is -0.832. The maximum atomic E-state index is 13.0. The van der Waals surface area contributed by atoms with Crippen LogP contribution in [0.2, 0.25) is 0 Å². The van der Waals surface area contributed by atoms with E-state index in [1.807, 2.05) is 0 Å². The Bertz CT molecular complexity index is 320. The van der Waals surface area contributed by atoms with Crippen LogP contribution in [0.15, 0.2) is 18.2 Å². The summed E-state index contributed by atoms with van der Waals surface area (Å²) in [6, 6.07) is 4.29. The van der Waals surface area contributed by atoms with E-state index in [0.717, 1.165) is 0 Å². The van der Waals surface area contributed by atoms with Crippen LogP contribution in [0.25, 0.3) is 0 Å². The average molecular weight is 215 g/mol. The van der Waals surface area contributed by atoms with Crippen molar-refractivity contribution in [2.24, 2.45) is 0 Å². The number of halogens is 1. The van der Waals surface area contributed by atoms with Gasteiger partial charge in [0.2, 0.25) is 0 Å². The molecule has 0 fully saturated rings. The molecule has 1 aromatic rings. The normalized spacial score (nSPS) is 12.3. The molecule has 1 unspecified atom stereocenters. The number of benzene rings is 1. The third kappa shape index (κ3) is 3.38. The van der Waals surface area contributed by atoms with Gasteiger partial charge in [0, 0.05) is 18.3 Å². The van der Waals surface area contributed by atoms with Crippen LogP contribution in [0.1, 0.15) is 0 Å². The fraction of sp³-hybridized carbons (Fsp3) is 0.400. The topological polar surface area (TPSA) is 61.7 Å². The van der Waals surface area contributed by atoms with Crippen LogP contribution in [0, 0.1) is 5.82 Å². The van der Waals surface area contributed by atoms with Crippen LogP contribution in [0.3, 0.4) is 0 Å². The Morgan fingerprint density at radius 3 is 2.87 bits per heavy atom. The summed E-state index contributed by atoms with van der Waals surface area (Å²) >= 11 is 0. The average Bonchev–Trinajstić information content (AvgIpc) is 2.27. The predicted octanol–water partition coefficient (Wildman–Crippen LogP) is 0.599. The Hall–Kier alpha value is -1.33. The van der Waals surface area contributed by atoms with E-state index in [9.17, 15) is 4.39 Å². The number of hydrogen-bond acceptors (Lipinski definition) is 4.